The van der Waals surface area contributed by atoms with Crippen LogP contribution in [0.3, 0.4) is 0 Å². The molecule has 2 fully saturated rings. The highest BCUT2D eigenvalue weighted by Crippen LogP contribution is 2.42. The Morgan fingerprint density at radius 3 is 2.36 bits per heavy atom. The van der Waals surface area contributed by atoms with Gasteiger partial charge in [0.15, 0.2) is 0 Å². The van der Waals surface area contributed by atoms with Gasteiger partial charge >= 0.3 is 6.09 Å². The van der Waals surface area contributed by atoms with Gasteiger partial charge in [-0.25, -0.2) is 4.79 Å². The van der Waals surface area contributed by atoms with E-state index in [0.717, 1.165) is 12.8 Å². The molecule has 2 atom stereocenters. The van der Waals surface area contributed by atoms with Gasteiger partial charge in [0.1, 0.15) is 5.60 Å². The molecule has 2 amide bonds. The van der Waals surface area contributed by atoms with Gasteiger partial charge in [0.25, 0.3) is 0 Å². The lowest BCUT2D eigenvalue weighted by atomic mass is 9.73. The zero-order valence-corrected chi connectivity index (χ0v) is 14.3. The normalized spacial score (nSPS) is 27.8. The van der Waals surface area contributed by atoms with Crippen molar-refractivity contribution in [3.8, 4) is 0 Å². The van der Waals surface area contributed by atoms with Gasteiger partial charge in [0.2, 0.25) is 5.91 Å². The van der Waals surface area contributed by atoms with E-state index in [2.05, 4.69) is 5.32 Å². The molecule has 2 aliphatic heterocycles. The molecule has 0 bridgehead atoms. The van der Waals surface area contributed by atoms with Crippen molar-refractivity contribution in [1.29, 1.82) is 0 Å². The van der Waals surface area contributed by atoms with Crippen LogP contribution in [0.5, 0.6) is 0 Å². The molecule has 22 heavy (non-hydrogen) atoms. The van der Waals surface area contributed by atoms with Gasteiger partial charge in [-0.2, -0.15) is 0 Å². The summed E-state index contributed by atoms with van der Waals surface area (Å²) in [4.78, 5) is 25.3. The molecule has 126 valence electrons. The molecule has 0 aromatic carbocycles. The average Bonchev–Trinajstić information content (AvgIpc) is 2.67. The first-order valence-electron chi connectivity index (χ1n) is 8.00. The number of amides is 2. The predicted octanol–water partition coefficient (Wildman–Crippen LogP) is 1.93. The van der Waals surface area contributed by atoms with Crippen LogP contribution in [0.2, 0.25) is 0 Å². The molecule has 2 rings (SSSR count). The number of hydrogen-bond donors (Lipinski definition) is 1. The molecular formula is C16H28N2O4. The maximum Gasteiger partial charge on any atom is 0.410 e. The van der Waals surface area contributed by atoms with E-state index in [0.29, 0.717) is 19.7 Å². The van der Waals surface area contributed by atoms with Crippen LogP contribution in [0, 0.1) is 5.41 Å². The second-order valence-corrected chi connectivity index (χ2v) is 7.52. The van der Waals surface area contributed by atoms with E-state index in [1.807, 2.05) is 27.7 Å². The van der Waals surface area contributed by atoms with E-state index >= 15 is 0 Å². The number of rotatable bonds is 1. The van der Waals surface area contributed by atoms with Crippen LogP contribution in [0.4, 0.5) is 4.79 Å². The smallest absolute Gasteiger partial charge is 0.410 e. The summed E-state index contributed by atoms with van der Waals surface area (Å²) in [6.07, 6.45) is 1.39. The Hall–Kier alpha value is -1.30. The third kappa shape index (κ3) is 3.72. The first kappa shape index (κ1) is 17.1. The lowest BCUT2D eigenvalue weighted by molar-refractivity contribution is -0.120. The molecule has 0 aromatic rings. The lowest BCUT2D eigenvalue weighted by Gasteiger charge is -2.42. The highest BCUT2D eigenvalue weighted by molar-refractivity contribution is 5.73. The highest BCUT2D eigenvalue weighted by Gasteiger charge is 2.50. The number of carbonyl (C=O) groups excluding carboxylic acids is 2. The van der Waals surface area contributed by atoms with Gasteiger partial charge < -0.3 is 19.7 Å². The van der Waals surface area contributed by atoms with Crippen LogP contribution in [0.15, 0.2) is 0 Å². The summed E-state index contributed by atoms with van der Waals surface area (Å²) >= 11 is 0. The number of nitrogens with one attached hydrogen (secondary N) is 1. The van der Waals surface area contributed by atoms with Gasteiger partial charge in [-0.05, 0) is 40.5 Å². The molecular weight excluding hydrogens is 284 g/mol. The number of likely N-dealkylation sites (tertiary alicyclic amines) is 1. The van der Waals surface area contributed by atoms with Gasteiger partial charge in [0, 0.05) is 25.4 Å². The first-order chi connectivity index (χ1) is 10.1. The fourth-order valence-electron chi connectivity index (χ4n) is 3.39. The fourth-order valence-corrected chi connectivity index (χ4v) is 3.39. The van der Waals surface area contributed by atoms with Crippen molar-refractivity contribution in [3.05, 3.63) is 0 Å². The summed E-state index contributed by atoms with van der Waals surface area (Å²) in [5, 5.41) is 3.04. The van der Waals surface area contributed by atoms with Gasteiger partial charge in [-0.3, -0.25) is 4.79 Å². The maximum atomic E-state index is 12.1. The van der Waals surface area contributed by atoms with Crippen molar-refractivity contribution in [2.24, 2.45) is 5.41 Å². The van der Waals surface area contributed by atoms with Gasteiger partial charge in [-0.15, -0.1) is 0 Å². The second kappa shape index (κ2) is 6.07. The van der Waals surface area contributed by atoms with Crippen molar-refractivity contribution in [2.45, 2.75) is 65.2 Å². The van der Waals surface area contributed by atoms with E-state index in [1.54, 1.807) is 4.90 Å². The zero-order valence-electron chi connectivity index (χ0n) is 14.3. The number of nitrogens with zero attached hydrogens (tertiary/aromatic N) is 1. The van der Waals surface area contributed by atoms with Crippen LogP contribution in [-0.2, 0) is 14.3 Å². The minimum atomic E-state index is -0.476. The fraction of sp³-hybridized carbons (Fsp3) is 0.875. The predicted molar refractivity (Wildman–Crippen MR) is 82.5 cm³/mol. The summed E-state index contributed by atoms with van der Waals surface area (Å²) in [7, 11) is 0. The van der Waals surface area contributed by atoms with Crippen LogP contribution in [-0.4, -0.2) is 54.3 Å². The van der Waals surface area contributed by atoms with E-state index in [1.165, 1.54) is 6.92 Å². The average molecular weight is 312 g/mol. The molecule has 1 N–H and O–H groups in total. The standard InChI is InChI=1S/C16H28N2O4/c1-11-13(17-12(2)19)16(10-21-11)6-8-18(9-7-16)14(20)22-15(3,4)5/h11,13H,6-10H2,1-5H3,(H,17,19)/t11-,13+/m0/s1. The largest absolute Gasteiger partial charge is 0.444 e. The quantitative estimate of drug-likeness (QED) is 0.803. The topological polar surface area (TPSA) is 67.9 Å². The Labute approximate surface area is 132 Å². The van der Waals surface area contributed by atoms with E-state index in [9.17, 15) is 9.59 Å². The van der Waals surface area contributed by atoms with Gasteiger partial charge in [-0.1, -0.05) is 0 Å². The Bertz CT molecular complexity index is 436. The molecule has 2 aliphatic rings. The van der Waals surface area contributed by atoms with E-state index < -0.39 is 5.60 Å². The summed E-state index contributed by atoms with van der Waals surface area (Å²) in [5.74, 6) is -0.0312. The Kier molecular flexibility index (Phi) is 4.70. The molecule has 0 aromatic heterocycles. The van der Waals surface area contributed by atoms with Crippen LogP contribution in [0.1, 0.15) is 47.5 Å². The third-order valence-electron chi connectivity index (χ3n) is 4.53. The molecule has 0 radical (unpaired) electrons. The number of carbonyl (C=O) groups is 2. The zero-order chi connectivity index (χ0) is 16.5. The van der Waals surface area contributed by atoms with Gasteiger partial charge in [0.05, 0.1) is 18.8 Å². The monoisotopic (exact) mass is 312 g/mol. The highest BCUT2D eigenvalue weighted by atomic mass is 16.6. The SMILES string of the molecule is CC(=O)N[C@@H]1[C@H](C)OCC12CCN(C(=O)OC(C)(C)C)CC2. The molecule has 1 spiro atoms. The third-order valence-corrected chi connectivity index (χ3v) is 4.53. The lowest BCUT2D eigenvalue weighted by Crippen LogP contribution is -2.54. The summed E-state index contributed by atoms with van der Waals surface area (Å²) in [6.45, 7) is 11.1. The molecule has 6 nitrogen and oxygen atoms in total. The van der Waals surface area contributed by atoms with Crippen molar-refractivity contribution >= 4 is 12.0 Å². The van der Waals surface area contributed by atoms with E-state index in [4.69, 9.17) is 9.47 Å². The molecule has 0 aliphatic carbocycles. The molecule has 0 saturated carbocycles. The molecule has 2 saturated heterocycles. The second-order valence-electron chi connectivity index (χ2n) is 7.52. The van der Waals surface area contributed by atoms with Crippen molar-refractivity contribution in [3.63, 3.8) is 0 Å². The Morgan fingerprint density at radius 2 is 1.86 bits per heavy atom. The Balaban J connectivity index is 1.98. The van der Waals surface area contributed by atoms with Crippen molar-refractivity contribution in [2.75, 3.05) is 19.7 Å². The van der Waals surface area contributed by atoms with E-state index in [-0.39, 0.29) is 29.6 Å². The summed E-state index contributed by atoms with van der Waals surface area (Å²) in [6, 6.07) is 0.0192. The van der Waals surface area contributed by atoms with Crippen LogP contribution in [0.25, 0.3) is 0 Å². The molecule has 2 heterocycles. The number of ether oxygens (including phenoxy) is 2. The molecule has 6 heteroatoms. The summed E-state index contributed by atoms with van der Waals surface area (Å²) < 4.78 is 11.2. The molecule has 0 unspecified atom stereocenters. The number of hydrogen-bond acceptors (Lipinski definition) is 4. The maximum absolute atomic E-state index is 12.1. The summed E-state index contributed by atoms with van der Waals surface area (Å²) in [5.41, 5.74) is -0.542. The number of piperidine rings is 1. The Morgan fingerprint density at radius 1 is 1.27 bits per heavy atom. The van der Waals surface area contributed by atoms with Crippen molar-refractivity contribution < 1.29 is 19.1 Å². The minimum absolute atomic E-state index is 0.0111. The first-order valence-corrected chi connectivity index (χ1v) is 8.00. The van der Waals surface area contributed by atoms with Crippen LogP contribution >= 0.6 is 0 Å². The van der Waals surface area contributed by atoms with Crippen molar-refractivity contribution in [1.82, 2.24) is 10.2 Å². The minimum Gasteiger partial charge on any atom is -0.444 e. The van der Waals surface area contributed by atoms with Crippen LogP contribution < -0.4 is 5.32 Å².